The maximum absolute atomic E-state index is 12.1. The van der Waals surface area contributed by atoms with E-state index in [1.165, 1.54) is 0 Å². The molecule has 1 aliphatic heterocycles. The second kappa shape index (κ2) is 7.16. The van der Waals surface area contributed by atoms with Gasteiger partial charge in [-0.25, -0.2) is 0 Å². The first-order valence-electron chi connectivity index (χ1n) is 7.81. The molecule has 0 bridgehead atoms. The van der Waals surface area contributed by atoms with Crippen LogP contribution in [0.2, 0.25) is 0 Å². The number of thioether (sulfide) groups is 1. The summed E-state index contributed by atoms with van der Waals surface area (Å²) in [5.74, 6) is 2.89. The van der Waals surface area contributed by atoms with Crippen LogP contribution in [0.4, 0.5) is 0 Å². The van der Waals surface area contributed by atoms with Crippen LogP contribution in [0.5, 0.6) is 0 Å². The fraction of sp³-hybridized carbons (Fsp3) is 0.600. The van der Waals surface area contributed by atoms with Gasteiger partial charge in [0.2, 0.25) is 5.91 Å². The third-order valence-corrected chi connectivity index (χ3v) is 4.80. The van der Waals surface area contributed by atoms with Gasteiger partial charge in [-0.2, -0.15) is 16.9 Å². The first-order chi connectivity index (χ1) is 11.2. The first kappa shape index (κ1) is 16.0. The number of piperidine rings is 1. The Balaban J connectivity index is 1.71. The van der Waals surface area contributed by atoms with Gasteiger partial charge in [0, 0.05) is 38.4 Å². The zero-order chi connectivity index (χ0) is 16.2. The van der Waals surface area contributed by atoms with Gasteiger partial charge in [-0.15, -0.1) is 10.2 Å². The number of amides is 1. The smallest absolute Gasteiger partial charge is 0.232 e. The summed E-state index contributed by atoms with van der Waals surface area (Å²) in [6.45, 7) is 2.21. The first-order valence-corrected chi connectivity index (χ1v) is 9.20. The monoisotopic (exact) mass is 334 g/mol. The molecule has 2 aromatic rings. The van der Waals surface area contributed by atoms with E-state index in [1.54, 1.807) is 18.0 Å². The molecule has 1 fully saturated rings. The number of hydrogen-bond acceptors (Lipinski definition) is 5. The minimum Gasteiger partial charge on any atom is -0.341 e. The van der Waals surface area contributed by atoms with Crippen molar-refractivity contribution < 1.29 is 4.79 Å². The number of hydrogen-bond donors (Lipinski definition) is 0. The summed E-state index contributed by atoms with van der Waals surface area (Å²) in [6, 6.07) is 1.90. The fourth-order valence-electron chi connectivity index (χ4n) is 3.04. The minimum absolute atomic E-state index is 0.223. The lowest BCUT2D eigenvalue weighted by Crippen LogP contribution is -2.40. The third kappa shape index (κ3) is 3.57. The molecule has 0 N–H and O–H groups in total. The van der Waals surface area contributed by atoms with E-state index < -0.39 is 0 Å². The molecule has 0 spiro atoms. The molecule has 8 heteroatoms. The van der Waals surface area contributed by atoms with Crippen molar-refractivity contribution in [3.05, 3.63) is 30.1 Å². The van der Waals surface area contributed by atoms with Crippen LogP contribution in [0, 0.1) is 0 Å². The largest absolute Gasteiger partial charge is 0.341 e. The molecule has 0 aliphatic carbocycles. The van der Waals surface area contributed by atoms with Gasteiger partial charge in [-0.05, 0) is 25.2 Å². The number of rotatable bonds is 5. The Morgan fingerprint density at radius 1 is 1.43 bits per heavy atom. The van der Waals surface area contributed by atoms with Gasteiger partial charge in [0.05, 0.1) is 5.75 Å². The molecule has 0 aromatic carbocycles. The van der Waals surface area contributed by atoms with Crippen LogP contribution in [0.25, 0.3) is 0 Å². The van der Waals surface area contributed by atoms with Crippen LogP contribution >= 0.6 is 11.8 Å². The summed E-state index contributed by atoms with van der Waals surface area (Å²) in [7, 11) is 2.00. The van der Waals surface area contributed by atoms with Crippen LogP contribution in [0.1, 0.15) is 30.4 Å². The summed E-state index contributed by atoms with van der Waals surface area (Å²) in [5.41, 5.74) is 0. The quantitative estimate of drug-likeness (QED) is 0.820. The summed E-state index contributed by atoms with van der Waals surface area (Å²) in [5, 5.41) is 12.9. The highest BCUT2D eigenvalue weighted by Gasteiger charge is 2.28. The molecule has 1 aliphatic rings. The van der Waals surface area contributed by atoms with Gasteiger partial charge in [0.15, 0.2) is 5.82 Å². The maximum atomic E-state index is 12.1. The lowest BCUT2D eigenvalue weighted by atomic mass is 9.97. The molecule has 1 amide bonds. The van der Waals surface area contributed by atoms with Crippen molar-refractivity contribution in [3.8, 4) is 0 Å². The number of likely N-dealkylation sites (tertiary alicyclic amines) is 1. The Bertz CT molecular complexity index is 653. The van der Waals surface area contributed by atoms with Crippen molar-refractivity contribution in [1.29, 1.82) is 0 Å². The van der Waals surface area contributed by atoms with Crippen molar-refractivity contribution in [3.63, 3.8) is 0 Å². The number of carbonyl (C=O) groups is 1. The predicted octanol–water partition coefficient (Wildman–Crippen LogP) is 1.13. The molecule has 124 valence electrons. The average Bonchev–Trinajstić information content (AvgIpc) is 3.19. The van der Waals surface area contributed by atoms with Gasteiger partial charge in [0.25, 0.3) is 0 Å². The molecular weight excluding hydrogens is 312 g/mol. The second-order valence-corrected chi connectivity index (χ2v) is 6.72. The SMILES string of the molecule is CSCC(=O)N1CCC[C@H](c2nnc(Cn3cccn3)n2C)C1. The van der Waals surface area contributed by atoms with Gasteiger partial charge >= 0.3 is 0 Å². The minimum atomic E-state index is 0.223. The van der Waals surface area contributed by atoms with E-state index in [4.69, 9.17) is 0 Å². The van der Waals surface area contributed by atoms with Gasteiger partial charge in [0.1, 0.15) is 12.4 Å². The van der Waals surface area contributed by atoms with Crippen LogP contribution < -0.4 is 0 Å². The van der Waals surface area contributed by atoms with Gasteiger partial charge < -0.3 is 9.47 Å². The average molecular weight is 334 g/mol. The van der Waals surface area contributed by atoms with E-state index in [2.05, 4.69) is 19.9 Å². The molecule has 1 atom stereocenters. The summed E-state index contributed by atoms with van der Waals surface area (Å²) >= 11 is 1.58. The van der Waals surface area contributed by atoms with Crippen molar-refractivity contribution in [1.82, 2.24) is 29.4 Å². The third-order valence-electron chi connectivity index (χ3n) is 4.27. The topological polar surface area (TPSA) is 68.8 Å². The molecule has 3 heterocycles. The van der Waals surface area contributed by atoms with E-state index in [1.807, 2.05) is 35.1 Å². The highest BCUT2D eigenvalue weighted by Crippen LogP contribution is 2.26. The number of nitrogens with zero attached hydrogens (tertiary/aromatic N) is 6. The molecule has 0 saturated carbocycles. The summed E-state index contributed by atoms with van der Waals surface area (Å²) < 4.78 is 3.89. The maximum Gasteiger partial charge on any atom is 0.232 e. The van der Waals surface area contributed by atoms with Crippen LogP contribution in [0.15, 0.2) is 18.5 Å². The lowest BCUT2D eigenvalue weighted by molar-refractivity contribution is -0.129. The Hall–Kier alpha value is -1.83. The number of aromatic nitrogens is 5. The molecule has 23 heavy (non-hydrogen) atoms. The zero-order valence-corrected chi connectivity index (χ0v) is 14.4. The number of carbonyl (C=O) groups excluding carboxylic acids is 1. The van der Waals surface area contributed by atoms with E-state index >= 15 is 0 Å². The summed E-state index contributed by atoms with van der Waals surface area (Å²) in [4.78, 5) is 14.1. The molecule has 0 unspecified atom stereocenters. The van der Waals surface area contributed by atoms with Crippen molar-refractivity contribution in [2.75, 3.05) is 25.1 Å². The standard InChI is InChI=1S/C15H22N6OS/c1-19-13(10-21-8-4-6-16-21)17-18-15(19)12-5-3-7-20(9-12)14(22)11-23-2/h4,6,8,12H,3,5,7,9-11H2,1-2H3/t12-/m0/s1. The van der Waals surface area contributed by atoms with Crippen molar-refractivity contribution >= 4 is 17.7 Å². The zero-order valence-electron chi connectivity index (χ0n) is 13.6. The molecule has 7 nitrogen and oxygen atoms in total. The normalized spacial score (nSPS) is 18.3. The van der Waals surface area contributed by atoms with E-state index in [0.717, 1.165) is 37.6 Å². The highest BCUT2D eigenvalue weighted by atomic mass is 32.2. The molecule has 0 radical (unpaired) electrons. The van der Waals surface area contributed by atoms with Crippen molar-refractivity contribution in [2.45, 2.75) is 25.3 Å². The molecule has 1 saturated heterocycles. The molecular formula is C15H22N6OS. The van der Waals surface area contributed by atoms with Crippen LogP contribution in [-0.2, 0) is 18.4 Å². The van der Waals surface area contributed by atoms with Crippen LogP contribution in [-0.4, -0.2) is 60.5 Å². The van der Waals surface area contributed by atoms with E-state index in [-0.39, 0.29) is 11.8 Å². The molecule has 2 aromatic heterocycles. The molecule has 3 rings (SSSR count). The Labute approximate surface area is 140 Å². The Morgan fingerprint density at radius 2 is 2.30 bits per heavy atom. The predicted molar refractivity (Wildman–Crippen MR) is 89.3 cm³/mol. The fourth-order valence-corrected chi connectivity index (χ4v) is 3.47. The van der Waals surface area contributed by atoms with Gasteiger partial charge in [-0.1, -0.05) is 0 Å². The highest BCUT2D eigenvalue weighted by molar-refractivity contribution is 7.99. The summed E-state index contributed by atoms with van der Waals surface area (Å²) in [6.07, 6.45) is 7.71. The van der Waals surface area contributed by atoms with E-state index in [9.17, 15) is 4.79 Å². The van der Waals surface area contributed by atoms with Gasteiger partial charge in [-0.3, -0.25) is 9.48 Å². The van der Waals surface area contributed by atoms with Crippen LogP contribution in [0.3, 0.4) is 0 Å². The lowest BCUT2D eigenvalue weighted by Gasteiger charge is -2.32. The second-order valence-electron chi connectivity index (χ2n) is 5.85. The van der Waals surface area contributed by atoms with E-state index in [0.29, 0.717) is 12.3 Å². The Kier molecular flexibility index (Phi) is 5.00. The Morgan fingerprint density at radius 3 is 3.04 bits per heavy atom. The van der Waals surface area contributed by atoms with Crippen molar-refractivity contribution in [2.24, 2.45) is 7.05 Å².